The van der Waals surface area contributed by atoms with E-state index >= 15 is 0 Å². The highest BCUT2D eigenvalue weighted by Crippen LogP contribution is 2.38. The third kappa shape index (κ3) is 2.81. The minimum atomic E-state index is 0.661. The van der Waals surface area contributed by atoms with Crippen LogP contribution in [0.25, 0.3) is 0 Å². The molecule has 0 N–H and O–H groups in total. The summed E-state index contributed by atoms with van der Waals surface area (Å²) in [7, 11) is 4.88. The van der Waals surface area contributed by atoms with Crippen LogP contribution in [0.3, 0.4) is 0 Å². The maximum Gasteiger partial charge on any atom is 0.167 e. The number of hydrogen-bond acceptors (Lipinski definition) is 3. The van der Waals surface area contributed by atoms with Crippen LogP contribution < -0.4 is 14.2 Å². The zero-order chi connectivity index (χ0) is 13.7. The Hall–Kier alpha value is -2.16. The summed E-state index contributed by atoms with van der Waals surface area (Å²) in [6, 6.07) is 15.0. The summed E-state index contributed by atoms with van der Waals surface area (Å²) in [4.78, 5) is 0. The minimum absolute atomic E-state index is 0.661. The van der Waals surface area contributed by atoms with Crippen molar-refractivity contribution in [3.63, 3.8) is 0 Å². The largest absolute Gasteiger partial charge is 0.496 e. The summed E-state index contributed by atoms with van der Waals surface area (Å²) >= 11 is 0. The predicted octanol–water partition coefficient (Wildman–Crippen LogP) is 3.10. The number of methoxy groups -OCH3 is 3. The molecule has 0 unspecified atom stereocenters. The molecular weight excluding hydrogens is 240 g/mol. The van der Waals surface area contributed by atoms with Crippen LogP contribution in [0.2, 0.25) is 0 Å². The van der Waals surface area contributed by atoms with Crippen LogP contribution in [-0.2, 0) is 6.42 Å². The van der Waals surface area contributed by atoms with Crippen molar-refractivity contribution in [3.8, 4) is 17.2 Å². The van der Waals surface area contributed by atoms with Gasteiger partial charge in [-0.05, 0) is 11.6 Å². The standard InChI is InChI=1S/C16H17O3/c1-17-14-9-10-15(18-2)16(19-3)13(14)11-12-7-5-4-6-8-12/h4-8,10H,11H2,1-3H3. The van der Waals surface area contributed by atoms with E-state index in [2.05, 4.69) is 18.2 Å². The van der Waals surface area contributed by atoms with E-state index in [1.54, 1.807) is 27.4 Å². The maximum atomic E-state index is 5.46. The van der Waals surface area contributed by atoms with E-state index in [-0.39, 0.29) is 0 Å². The zero-order valence-electron chi connectivity index (χ0n) is 11.4. The van der Waals surface area contributed by atoms with Gasteiger partial charge in [-0.2, -0.15) is 0 Å². The second kappa shape index (κ2) is 6.14. The molecule has 0 heterocycles. The first-order valence-corrected chi connectivity index (χ1v) is 6.03. The van der Waals surface area contributed by atoms with E-state index in [1.165, 1.54) is 5.56 Å². The summed E-state index contributed by atoms with van der Waals surface area (Å²) in [6.45, 7) is 0. The van der Waals surface area contributed by atoms with Crippen LogP contribution in [-0.4, -0.2) is 21.3 Å². The molecule has 19 heavy (non-hydrogen) atoms. The fraction of sp³-hybridized carbons (Fsp3) is 0.250. The lowest BCUT2D eigenvalue weighted by atomic mass is 10.0. The van der Waals surface area contributed by atoms with Crippen molar-refractivity contribution in [3.05, 3.63) is 53.6 Å². The molecule has 0 saturated carbocycles. The zero-order valence-corrected chi connectivity index (χ0v) is 11.4. The lowest BCUT2D eigenvalue weighted by Crippen LogP contribution is -2.00. The van der Waals surface area contributed by atoms with Gasteiger partial charge < -0.3 is 14.2 Å². The molecule has 3 nitrogen and oxygen atoms in total. The molecule has 0 amide bonds. The summed E-state index contributed by atoms with van der Waals surface area (Å²) < 4.78 is 16.1. The van der Waals surface area contributed by atoms with Crippen LogP contribution in [0, 0.1) is 6.07 Å². The third-order valence-electron chi connectivity index (χ3n) is 2.96. The molecule has 1 radical (unpaired) electrons. The van der Waals surface area contributed by atoms with Gasteiger partial charge in [0.25, 0.3) is 0 Å². The Labute approximate surface area is 113 Å². The topological polar surface area (TPSA) is 27.7 Å². The SMILES string of the molecule is COc1[c]cc(OC)c(OC)c1Cc1ccccc1. The second-order valence-corrected chi connectivity index (χ2v) is 4.06. The Kier molecular flexibility index (Phi) is 4.29. The average molecular weight is 257 g/mol. The Morgan fingerprint density at radius 3 is 2.26 bits per heavy atom. The van der Waals surface area contributed by atoms with Crippen molar-refractivity contribution in [2.45, 2.75) is 6.42 Å². The van der Waals surface area contributed by atoms with Crippen molar-refractivity contribution >= 4 is 0 Å². The molecular formula is C16H17O3. The highest BCUT2D eigenvalue weighted by Gasteiger charge is 2.16. The molecule has 0 aliphatic carbocycles. The van der Waals surface area contributed by atoms with Gasteiger partial charge in [0, 0.05) is 18.1 Å². The highest BCUT2D eigenvalue weighted by molar-refractivity contribution is 5.54. The van der Waals surface area contributed by atoms with Gasteiger partial charge in [0.15, 0.2) is 11.5 Å². The molecule has 2 aromatic rings. The Morgan fingerprint density at radius 2 is 1.68 bits per heavy atom. The van der Waals surface area contributed by atoms with Crippen LogP contribution in [0.4, 0.5) is 0 Å². The lowest BCUT2D eigenvalue weighted by molar-refractivity contribution is 0.344. The molecule has 99 valence electrons. The average Bonchev–Trinajstić information content (AvgIpc) is 2.47. The monoisotopic (exact) mass is 257 g/mol. The van der Waals surface area contributed by atoms with Crippen molar-refractivity contribution in [2.75, 3.05) is 21.3 Å². The summed E-state index contributed by atoms with van der Waals surface area (Å²) in [5.41, 5.74) is 2.12. The smallest absolute Gasteiger partial charge is 0.167 e. The number of hydrogen-bond donors (Lipinski definition) is 0. The molecule has 0 atom stereocenters. The minimum Gasteiger partial charge on any atom is -0.496 e. The third-order valence-corrected chi connectivity index (χ3v) is 2.96. The van der Waals surface area contributed by atoms with Gasteiger partial charge in [-0.15, -0.1) is 0 Å². The van der Waals surface area contributed by atoms with Gasteiger partial charge in [-0.3, -0.25) is 0 Å². The Balaban J connectivity index is 2.46. The van der Waals surface area contributed by atoms with E-state index in [4.69, 9.17) is 14.2 Å². The molecule has 0 spiro atoms. The van der Waals surface area contributed by atoms with Gasteiger partial charge in [0.05, 0.1) is 21.3 Å². The van der Waals surface area contributed by atoms with Crippen molar-refractivity contribution in [2.24, 2.45) is 0 Å². The summed E-state index contributed by atoms with van der Waals surface area (Å²) in [5, 5.41) is 0. The van der Waals surface area contributed by atoms with Gasteiger partial charge in [-0.25, -0.2) is 0 Å². The first kappa shape index (κ1) is 13.3. The lowest BCUT2D eigenvalue weighted by Gasteiger charge is -2.15. The van der Waals surface area contributed by atoms with Crippen LogP contribution in [0.5, 0.6) is 17.2 Å². The fourth-order valence-corrected chi connectivity index (χ4v) is 2.05. The molecule has 0 fully saturated rings. The van der Waals surface area contributed by atoms with Crippen molar-refractivity contribution < 1.29 is 14.2 Å². The van der Waals surface area contributed by atoms with Gasteiger partial charge >= 0.3 is 0 Å². The highest BCUT2D eigenvalue weighted by atomic mass is 16.5. The van der Waals surface area contributed by atoms with E-state index in [0.717, 1.165) is 5.56 Å². The van der Waals surface area contributed by atoms with E-state index in [1.807, 2.05) is 18.2 Å². The molecule has 0 saturated heterocycles. The molecule has 0 bridgehead atoms. The quantitative estimate of drug-likeness (QED) is 0.823. The van der Waals surface area contributed by atoms with Crippen molar-refractivity contribution in [1.82, 2.24) is 0 Å². The van der Waals surface area contributed by atoms with Crippen LogP contribution in [0.1, 0.15) is 11.1 Å². The van der Waals surface area contributed by atoms with Crippen LogP contribution in [0.15, 0.2) is 36.4 Å². The molecule has 0 aromatic heterocycles. The molecule has 2 rings (SSSR count). The summed E-state index contributed by atoms with van der Waals surface area (Å²) in [5.74, 6) is 2.04. The second-order valence-electron chi connectivity index (χ2n) is 4.06. The Bertz CT molecular complexity index is 535. The van der Waals surface area contributed by atoms with Crippen molar-refractivity contribution in [1.29, 1.82) is 0 Å². The molecule has 3 heteroatoms. The van der Waals surface area contributed by atoms with E-state index in [9.17, 15) is 0 Å². The van der Waals surface area contributed by atoms with Gasteiger partial charge in [-0.1, -0.05) is 30.3 Å². The Morgan fingerprint density at radius 1 is 0.947 bits per heavy atom. The predicted molar refractivity (Wildman–Crippen MR) is 74.2 cm³/mol. The first-order chi connectivity index (χ1) is 9.30. The first-order valence-electron chi connectivity index (χ1n) is 6.03. The molecule has 0 aliphatic rings. The van der Waals surface area contributed by atoms with Gasteiger partial charge in [0.2, 0.25) is 0 Å². The van der Waals surface area contributed by atoms with Crippen LogP contribution >= 0.6 is 0 Å². The fourth-order valence-electron chi connectivity index (χ4n) is 2.05. The molecule has 2 aromatic carbocycles. The maximum absolute atomic E-state index is 5.46. The normalized spacial score (nSPS) is 10.1. The number of ether oxygens (including phenoxy) is 3. The van der Waals surface area contributed by atoms with E-state index in [0.29, 0.717) is 23.7 Å². The number of rotatable bonds is 5. The number of benzene rings is 2. The molecule has 0 aliphatic heterocycles. The van der Waals surface area contributed by atoms with E-state index < -0.39 is 0 Å². The summed E-state index contributed by atoms with van der Waals surface area (Å²) in [6.07, 6.45) is 0.709. The van der Waals surface area contributed by atoms with Gasteiger partial charge in [0.1, 0.15) is 5.75 Å².